The van der Waals surface area contributed by atoms with E-state index in [0.717, 1.165) is 56.1 Å². The number of aryl methyl sites for hydroxylation is 3. The Hall–Kier alpha value is -4.78. The summed E-state index contributed by atoms with van der Waals surface area (Å²) < 4.78 is 10.8. The molecule has 54 heavy (non-hydrogen) atoms. The Bertz CT molecular complexity index is 1790. The average molecular weight is 729 g/mol. The van der Waals surface area contributed by atoms with Crippen molar-refractivity contribution in [3.8, 4) is 22.6 Å². The zero-order valence-electron chi connectivity index (χ0n) is 32.1. The number of hydrogen-bond acceptors (Lipinski definition) is 6. The lowest BCUT2D eigenvalue weighted by Gasteiger charge is -2.41. The lowest BCUT2D eigenvalue weighted by Crippen LogP contribution is -2.33. The number of aliphatic hydroxyl groups is 2. The highest BCUT2D eigenvalue weighted by Crippen LogP contribution is 2.48. The van der Waals surface area contributed by atoms with Gasteiger partial charge < -0.3 is 19.7 Å². The van der Waals surface area contributed by atoms with E-state index in [2.05, 4.69) is 69.5 Å². The fourth-order valence-electron chi connectivity index (χ4n) is 7.73. The molecule has 1 fully saturated rings. The summed E-state index contributed by atoms with van der Waals surface area (Å²) in [4.78, 5) is 24.4. The Morgan fingerprint density at radius 1 is 0.667 bits per heavy atom. The Balaban J connectivity index is 1.25. The number of carbonyl (C=O) groups excluding carboxylic acids is 2. The van der Waals surface area contributed by atoms with Crippen LogP contribution in [0.25, 0.3) is 11.1 Å². The molecule has 0 radical (unpaired) electrons. The zero-order valence-corrected chi connectivity index (χ0v) is 32.1. The number of rotatable bonds is 18. The van der Waals surface area contributed by atoms with Crippen LogP contribution >= 0.6 is 0 Å². The van der Waals surface area contributed by atoms with Crippen LogP contribution in [0.2, 0.25) is 0 Å². The summed E-state index contributed by atoms with van der Waals surface area (Å²) >= 11 is 0. The van der Waals surface area contributed by atoms with Gasteiger partial charge in [-0.05, 0) is 127 Å². The van der Waals surface area contributed by atoms with Crippen LogP contribution in [0.5, 0.6) is 11.5 Å². The van der Waals surface area contributed by atoms with Gasteiger partial charge in [-0.15, -0.1) is 0 Å². The van der Waals surface area contributed by atoms with Crippen molar-refractivity contribution in [2.24, 2.45) is 5.92 Å². The molecule has 1 saturated carbocycles. The summed E-state index contributed by atoms with van der Waals surface area (Å²) in [7, 11) is 0. The van der Waals surface area contributed by atoms with Gasteiger partial charge in [-0.25, -0.2) is 9.59 Å². The highest BCUT2D eigenvalue weighted by Gasteiger charge is 2.38. The summed E-state index contributed by atoms with van der Waals surface area (Å²) in [5.41, 5.74) is 8.84. The summed E-state index contributed by atoms with van der Waals surface area (Å²) in [6, 6.07) is 31.4. The van der Waals surface area contributed by atoms with E-state index in [9.17, 15) is 19.8 Å². The minimum absolute atomic E-state index is 0.00294. The van der Waals surface area contributed by atoms with Crippen molar-refractivity contribution in [2.75, 3.05) is 13.2 Å². The molecule has 0 heterocycles. The number of unbranched alkanes of at least 4 members (excludes halogenated alkanes) is 3. The lowest BCUT2D eigenvalue weighted by molar-refractivity contribution is -0.131. The van der Waals surface area contributed by atoms with Crippen molar-refractivity contribution in [1.29, 1.82) is 0 Å². The van der Waals surface area contributed by atoms with E-state index in [-0.39, 0.29) is 16.6 Å². The summed E-state index contributed by atoms with van der Waals surface area (Å²) in [6.45, 7) is 10.7. The van der Waals surface area contributed by atoms with Crippen molar-refractivity contribution in [1.82, 2.24) is 0 Å². The van der Waals surface area contributed by atoms with Gasteiger partial charge in [-0.3, -0.25) is 0 Å². The van der Waals surface area contributed by atoms with Gasteiger partial charge >= 0.3 is 11.9 Å². The molecule has 0 spiro atoms. The van der Waals surface area contributed by atoms with Gasteiger partial charge in [0.15, 0.2) is 0 Å². The first-order valence-corrected chi connectivity index (χ1v) is 19.6. The van der Waals surface area contributed by atoms with Crippen LogP contribution in [0.4, 0.5) is 0 Å². The van der Waals surface area contributed by atoms with Gasteiger partial charge in [0.05, 0.1) is 24.4 Å². The minimum atomic E-state index is -0.656. The first-order chi connectivity index (χ1) is 26.2. The molecule has 2 N–H and O–H groups in total. The highest BCUT2D eigenvalue weighted by molar-refractivity contribution is 5.90. The quantitative estimate of drug-likeness (QED) is 0.0459. The third-order valence-corrected chi connectivity index (χ3v) is 11.2. The van der Waals surface area contributed by atoms with Crippen molar-refractivity contribution >= 4 is 11.9 Å². The maximum atomic E-state index is 12.2. The van der Waals surface area contributed by atoms with Gasteiger partial charge in [0, 0.05) is 5.41 Å². The highest BCUT2D eigenvalue weighted by atomic mass is 16.5. The summed E-state index contributed by atoms with van der Waals surface area (Å²) in [5, 5.41) is 18.5. The first kappa shape index (κ1) is 40.4. The van der Waals surface area contributed by atoms with Crippen LogP contribution in [0, 0.1) is 5.92 Å². The van der Waals surface area contributed by atoms with E-state index in [1.54, 1.807) is 24.3 Å². The third kappa shape index (κ3) is 10.2. The topological polar surface area (TPSA) is 93.1 Å². The van der Waals surface area contributed by atoms with E-state index in [1.807, 2.05) is 24.3 Å². The Labute approximate surface area is 321 Å². The second-order valence-corrected chi connectivity index (χ2v) is 14.8. The predicted octanol–water partition coefficient (Wildman–Crippen LogP) is 10.1. The molecule has 0 unspecified atom stereocenters. The van der Waals surface area contributed by atoms with Crippen molar-refractivity contribution in [2.45, 2.75) is 96.3 Å². The van der Waals surface area contributed by atoms with Crippen LogP contribution in [-0.4, -0.2) is 35.4 Å². The van der Waals surface area contributed by atoms with Crippen molar-refractivity contribution in [3.63, 3.8) is 0 Å². The van der Waals surface area contributed by atoms with Gasteiger partial charge in [-0.2, -0.15) is 0 Å². The Morgan fingerprint density at radius 2 is 1.20 bits per heavy atom. The molecule has 284 valence electrons. The van der Waals surface area contributed by atoms with E-state index in [0.29, 0.717) is 17.4 Å². The number of aliphatic hydroxyl groups excluding tert-OH is 2. The normalized spacial score (nSPS) is 14.0. The average Bonchev–Trinajstić information content (AvgIpc) is 3.22. The standard InChI is InChI=1S/C48H56O6/c1-5-7-8-9-10-39-17-18-41(31-38(39)6-2)40-15-13-36(14-16-40)11-12-37-27-29-48(30-28-37,42-19-23-44(24-20-42)53-46(51)34(3)32-49)43-21-25-45(26-22-43)54-47(52)35(4)33-50/h13-26,31,37,49-50H,3-12,27-30,32-33H2,1-2H3. The smallest absolute Gasteiger partial charge is 0.341 e. The largest absolute Gasteiger partial charge is 0.423 e. The van der Waals surface area contributed by atoms with Crippen LogP contribution in [0.1, 0.15) is 99.5 Å². The molecule has 0 bridgehead atoms. The van der Waals surface area contributed by atoms with E-state index >= 15 is 0 Å². The molecular formula is C48H56O6. The minimum Gasteiger partial charge on any atom is -0.423 e. The summed E-state index contributed by atoms with van der Waals surface area (Å²) in [6.07, 6.45) is 13.5. The van der Waals surface area contributed by atoms with E-state index in [1.165, 1.54) is 59.9 Å². The van der Waals surface area contributed by atoms with Crippen LogP contribution in [0.3, 0.4) is 0 Å². The fraction of sp³-hybridized carbons (Fsp3) is 0.375. The van der Waals surface area contributed by atoms with Gasteiger partial charge in [0.1, 0.15) is 11.5 Å². The number of carbonyl (C=O) groups is 2. The molecular weight excluding hydrogens is 673 g/mol. The number of hydrogen-bond donors (Lipinski definition) is 2. The molecule has 6 heteroatoms. The SMILES string of the molecule is C=C(CO)C(=O)Oc1ccc(C2(c3ccc(OC(=O)C(=C)CO)cc3)CCC(CCc3ccc(-c4ccc(CCCCCC)c(CC)c4)cc3)CC2)cc1. The fourth-order valence-corrected chi connectivity index (χ4v) is 7.73. The molecule has 4 aromatic carbocycles. The molecule has 1 aliphatic carbocycles. The number of ether oxygens (including phenoxy) is 2. The lowest BCUT2D eigenvalue weighted by atomic mass is 9.62. The van der Waals surface area contributed by atoms with Gasteiger partial charge in [-0.1, -0.05) is 113 Å². The van der Waals surface area contributed by atoms with Gasteiger partial charge in [0.25, 0.3) is 0 Å². The van der Waals surface area contributed by atoms with Crippen LogP contribution < -0.4 is 9.47 Å². The predicted molar refractivity (Wildman–Crippen MR) is 217 cm³/mol. The van der Waals surface area contributed by atoms with Crippen LogP contribution in [-0.2, 0) is 34.3 Å². The van der Waals surface area contributed by atoms with E-state index < -0.39 is 25.2 Å². The monoisotopic (exact) mass is 728 g/mol. The molecule has 6 nitrogen and oxygen atoms in total. The Morgan fingerprint density at radius 3 is 1.70 bits per heavy atom. The van der Waals surface area contributed by atoms with E-state index in [4.69, 9.17) is 9.47 Å². The maximum Gasteiger partial charge on any atom is 0.341 e. The van der Waals surface area contributed by atoms with Crippen molar-refractivity contribution in [3.05, 3.63) is 143 Å². The molecule has 0 atom stereocenters. The molecule has 5 rings (SSSR count). The molecule has 4 aromatic rings. The Kier molecular flexibility index (Phi) is 14.6. The summed E-state index contributed by atoms with van der Waals surface area (Å²) in [5.74, 6) is 0.0541. The molecule has 1 aliphatic rings. The molecule has 0 aromatic heterocycles. The maximum absolute atomic E-state index is 12.2. The number of benzene rings is 4. The molecule has 0 amide bonds. The zero-order chi connectivity index (χ0) is 38.5. The van der Waals surface area contributed by atoms with Crippen molar-refractivity contribution < 1.29 is 29.3 Å². The first-order valence-electron chi connectivity index (χ1n) is 19.6. The van der Waals surface area contributed by atoms with Crippen LogP contribution in [0.15, 0.2) is 115 Å². The second kappa shape index (κ2) is 19.5. The van der Waals surface area contributed by atoms with Gasteiger partial charge in [0.2, 0.25) is 0 Å². The molecule has 0 saturated heterocycles. The second-order valence-electron chi connectivity index (χ2n) is 14.8. The third-order valence-electron chi connectivity index (χ3n) is 11.2. The number of esters is 2. The molecule has 0 aliphatic heterocycles.